The minimum Gasteiger partial charge on any atom is -0.493 e. The fourth-order valence-electron chi connectivity index (χ4n) is 2.74. The molecule has 0 aliphatic carbocycles. The van der Waals surface area contributed by atoms with Crippen LogP contribution in [0, 0.1) is 0 Å². The van der Waals surface area contributed by atoms with Gasteiger partial charge in [0.05, 0.1) is 18.1 Å². The smallest absolute Gasteiger partial charge is 0.266 e. The third kappa shape index (κ3) is 2.67. The topological polar surface area (TPSA) is 61.5 Å². The van der Waals surface area contributed by atoms with E-state index in [1.807, 2.05) is 52.9 Å². The lowest BCUT2D eigenvalue weighted by Gasteiger charge is -2.12. The first-order valence-corrected chi connectivity index (χ1v) is 7.84. The van der Waals surface area contributed by atoms with Gasteiger partial charge in [0.1, 0.15) is 6.33 Å². The van der Waals surface area contributed by atoms with Crippen molar-refractivity contribution in [2.75, 3.05) is 7.11 Å². The molecule has 2 aromatic carbocycles. The van der Waals surface area contributed by atoms with Crippen molar-refractivity contribution >= 4 is 16.7 Å². The maximum Gasteiger partial charge on any atom is 0.266 e. The van der Waals surface area contributed by atoms with Crippen LogP contribution in [0.1, 0.15) is 5.56 Å². The second-order valence-electron chi connectivity index (χ2n) is 5.51. The monoisotopic (exact) mass is 332 g/mol. The summed E-state index contributed by atoms with van der Waals surface area (Å²) < 4.78 is 13.3. The zero-order valence-electron chi connectivity index (χ0n) is 13.7. The van der Waals surface area contributed by atoms with Crippen LogP contribution in [0.2, 0.25) is 0 Å². The number of rotatable bonds is 5. The fourth-order valence-corrected chi connectivity index (χ4v) is 2.74. The summed E-state index contributed by atoms with van der Waals surface area (Å²) in [5.74, 6) is 1.58. The van der Waals surface area contributed by atoms with Gasteiger partial charge in [0.2, 0.25) is 5.65 Å². The summed E-state index contributed by atoms with van der Waals surface area (Å²) in [5.41, 5.74) is 3.37. The lowest BCUT2D eigenvalue weighted by atomic mass is 10.1. The third-order valence-electron chi connectivity index (χ3n) is 3.92. The molecule has 0 radical (unpaired) electrons. The molecule has 2 heterocycles. The lowest BCUT2D eigenvalue weighted by Crippen LogP contribution is -1.98. The van der Waals surface area contributed by atoms with Crippen LogP contribution >= 0.6 is 0 Å². The summed E-state index contributed by atoms with van der Waals surface area (Å²) >= 11 is 0. The molecule has 4 rings (SSSR count). The van der Waals surface area contributed by atoms with Gasteiger partial charge in [0.15, 0.2) is 11.5 Å². The molecule has 0 amide bonds. The standard InChI is InChI=1S/C19H16N4O2/c1-3-6-13-9-10-16(17(11-13)24-2)25-19-18-22-20-12-23(18)15-8-5-4-7-14(15)21-19/h3-5,7-12H,1,6H2,2H3. The average molecular weight is 332 g/mol. The largest absolute Gasteiger partial charge is 0.493 e. The number of fused-ring (bicyclic) bond motifs is 3. The van der Waals surface area contributed by atoms with Crippen LogP contribution < -0.4 is 9.47 Å². The van der Waals surface area contributed by atoms with Gasteiger partial charge < -0.3 is 9.47 Å². The second-order valence-corrected chi connectivity index (χ2v) is 5.51. The molecular formula is C19H16N4O2. The number of aromatic nitrogens is 4. The molecule has 0 saturated heterocycles. The molecule has 0 spiro atoms. The van der Waals surface area contributed by atoms with Gasteiger partial charge in [0.25, 0.3) is 5.88 Å². The first kappa shape index (κ1) is 15.1. The van der Waals surface area contributed by atoms with Crippen LogP contribution in [0.15, 0.2) is 61.4 Å². The molecule has 0 saturated carbocycles. The lowest BCUT2D eigenvalue weighted by molar-refractivity contribution is 0.375. The average Bonchev–Trinajstić information content (AvgIpc) is 3.13. The molecular weight excluding hydrogens is 316 g/mol. The van der Waals surface area contributed by atoms with Crippen molar-refractivity contribution in [3.8, 4) is 17.4 Å². The first-order chi connectivity index (χ1) is 12.3. The van der Waals surface area contributed by atoms with E-state index in [4.69, 9.17) is 9.47 Å². The molecule has 0 aliphatic rings. The Balaban J connectivity index is 1.82. The summed E-state index contributed by atoms with van der Waals surface area (Å²) in [6.07, 6.45) is 4.26. The van der Waals surface area contributed by atoms with E-state index < -0.39 is 0 Å². The van der Waals surface area contributed by atoms with Crippen molar-refractivity contribution in [2.24, 2.45) is 0 Å². The van der Waals surface area contributed by atoms with E-state index in [1.165, 1.54) is 0 Å². The highest BCUT2D eigenvalue weighted by Gasteiger charge is 2.14. The van der Waals surface area contributed by atoms with Crippen LogP contribution in [0.25, 0.3) is 16.7 Å². The van der Waals surface area contributed by atoms with Gasteiger partial charge in [-0.1, -0.05) is 24.3 Å². The van der Waals surface area contributed by atoms with E-state index in [2.05, 4.69) is 21.8 Å². The Kier molecular flexibility index (Phi) is 3.78. The van der Waals surface area contributed by atoms with E-state index in [9.17, 15) is 0 Å². The van der Waals surface area contributed by atoms with Gasteiger partial charge in [-0.3, -0.25) is 4.40 Å². The summed E-state index contributed by atoms with van der Waals surface area (Å²) in [5, 5.41) is 8.12. The number of methoxy groups -OCH3 is 1. The number of ether oxygens (including phenoxy) is 2. The van der Waals surface area contributed by atoms with Crippen LogP contribution in [0.3, 0.4) is 0 Å². The summed E-state index contributed by atoms with van der Waals surface area (Å²) in [7, 11) is 1.61. The molecule has 0 unspecified atom stereocenters. The minimum atomic E-state index is 0.381. The summed E-state index contributed by atoms with van der Waals surface area (Å²) in [4.78, 5) is 4.59. The highest BCUT2D eigenvalue weighted by molar-refractivity contribution is 5.79. The first-order valence-electron chi connectivity index (χ1n) is 7.84. The molecule has 25 heavy (non-hydrogen) atoms. The molecule has 0 atom stereocenters. The SMILES string of the molecule is C=CCc1ccc(Oc2nc3ccccc3n3cnnc23)c(OC)c1. The van der Waals surface area contributed by atoms with Crippen LogP contribution in [-0.2, 0) is 6.42 Å². The maximum absolute atomic E-state index is 6.03. The number of para-hydroxylation sites is 2. The van der Waals surface area contributed by atoms with Crippen molar-refractivity contribution in [3.05, 3.63) is 67.0 Å². The number of allylic oxidation sites excluding steroid dienone is 1. The molecule has 0 bridgehead atoms. The fraction of sp³-hybridized carbons (Fsp3) is 0.105. The van der Waals surface area contributed by atoms with E-state index >= 15 is 0 Å². The van der Waals surface area contributed by atoms with Crippen molar-refractivity contribution in [1.29, 1.82) is 0 Å². The quantitative estimate of drug-likeness (QED) is 0.520. The zero-order chi connectivity index (χ0) is 17.2. The minimum absolute atomic E-state index is 0.381. The molecule has 124 valence electrons. The van der Waals surface area contributed by atoms with E-state index in [-0.39, 0.29) is 0 Å². The summed E-state index contributed by atoms with van der Waals surface area (Å²) in [6.45, 7) is 3.76. The normalized spacial score (nSPS) is 10.9. The Hall–Kier alpha value is -3.41. The van der Waals surface area contributed by atoms with E-state index in [0.717, 1.165) is 23.0 Å². The molecule has 0 fully saturated rings. The molecule has 0 aliphatic heterocycles. The van der Waals surface area contributed by atoms with Crippen molar-refractivity contribution in [2.45, 2.75) is 6.42 Å². The predicted octanol–water partition coefficient (Wildman–Crippen LogP) is 3.81. The van der Waals surface area contributed by atoms with E-state index in [1.54, 1.807) is 13.4 Å². The van der Waals surface area contributed by atoms with Gasteiger partial charge in [-0.15, -0.1) is 16.8 Å². The molecule has 6 nitrogen and oxygen atoms in total. The molecule has 2 aromatic heterocycles. The third-order valence-corrected chi connectivity index (χ3v) is 3.92. The Morgan fingerprint density at radius 1 is 1.16 bits per heavy atom. The maximum atomic E-state index is 6.03. The van der Waals surface area contributed by atoms with Gasteiger partial charge in [-0.25, -0.2) is 4.98 Å². The predicted molar refractivity (Wildman–Crippen MR) is 95.3 cm³/mol. The number of hydrogen-bond acceptors (Lipinski definition) is 5. The van der Waals surface area contributed by atoms with Gasteiger partial charge in [-0.2, -0.15) is 0 Å². The van der Waals surface area contributed by atoms with Gasteiger partial charge in [-0.05, 0) is 36.2 Å². The van der Waals surface area contributed by atoms with Gasteiger partial charge in [0, 0.05) is 0 Å². The highest BCUT2D eigenvalue weighted by Crippen LogP contribution is 2.34. The van der Waals surface area contributed by atoms with Crippen LogP contribution in [-0.4, -0.2) is 26.7 Å². The van der Waals surface area contributed by atoms with Gasteiger partial charge >= 0.3 is 0 Å². The van der Waals surface area contributed by atoms with Crippen LogP contribution in [0.4, 0.5) is 0 Å². The Labute approximate surface area is 144 Å². The molecule has 0 N–H and O–H groups in total. The molecule has 6 heteroatoms. The number of hydrogen-bond donors (Lipinski definition) is 0. The van der Waals surface area contributed by atoms with Crippen molar-refractivity contribution < 1.29 is 9.47 Å². The van der Waals surface area contributed by atoms with Crippen molar-refractivity contribution in [3.63, 3.8) is 0 Å². The Bertz CT molecular complexity index is 1070. The zero-order valence-corrected chi connectivity index (χ0v) is 13.7. The van der Waals surface area contributed by atoms with Crippen molar-refractivity contribution in [1.82, 2.24) is 19.6 Å². The Morgan fingerprint density at radius 3 is 2.88 bits per heavy atom. The van der Waals surface area contributed by atoms with E-state index in [0.29, 0.717) is 23.0 Å². The van der Waals surface area contributed by atoms with Crippen LogP contribution in [0.5, 0.6) is 17.4 Å². The number of benzene rings is 2. The summed E-state index contributed by atoms with van der Waals surface area (Å²) in [6, 6.07) is 13.5. The highest BCUT2D eigenvalue weighted by atomic mass is 16.5. The Morgan fingerprint density at radius 2 is 2.04 bits per heavy atom. The number of nitrogens with zero attached hydrogens (tertiary/aromatic N) is 4. The second kappa shape index (κ2) is 6.24. The molecule has 4 aromatic rings.